The highest BCUT2D eigenvalue weighted by atomic mass is 19.1. The van der Waals surface area contributed by atoms with Gasteiger partial charge in [0.1, 0.15) is 22.9 Å². The van der Waals surface area contributed by atoms with Crippen LogP contribution in [0.3, 0.4) is 0 Å². The summed E-state index contributed by atoms with van der Waals surface area (Å²) in [7, 11) is 0. The minimum Gasteiger partial charge on any atom is -0.326 e. The van der Waals surface area contributed by atoms with Crippen molar-refractivity contribution in [2.45, 2.75) is 46.2 Å². The predicted molar refractivity (Wildman–Crippen MR) is 143 cm³/mol. The van der Waals surface area contributed by atoms with Gasteiger partial charge in [-0.15, -0.1) is 0 Å². The topological polar surface area (TPSA) is 83.8 Å². The number of nitrogens with one attached hydrogen (secondary N) is 2. The molecule has 4 aromatic rings. The molecule has 2 aliphatic rings. The summed E-state index contributed by atoms with van der Waals surface area (Å²) in [5, 5.41) is 6.56. The molecule has 1 aromatic carbocycles. The Labute approximate surface area is 220 Å². The fourth-order valence-corrected chi connectivity index (χ4v) is 5.74. The molecule has 5 heterocycles. The first-order chi connectivity index (χ1) is 18.4. The van der Waals surface area contributed by atoms with E-state index in [4.69, 9.17) is 4.98 Å². The van der Waals surface area contributed by atoms with E-state index in [2.05, 4.69) is 36.6 Å². The van der Waals surface area contributed by atoms with Crippen LogP contribution in [0.2, 0.25) is 0 Å². The molecule has 0 radical (unpaired) electrons. The molecule has 198 valence electrons. The summed E-state index contributed by atoms with van der Waals surface area (Å²) in [6, 6.07) is 7.08. The Hall–Kier alpha value is -3.50. The molecular weight excluding hydrogens is 486 g/mol. The first-order valence-corrected chi connectivity index (χ1v) is 13.3. The van der Waals surface area contributed by atoms with Crippen molar-refractivity contribution >= 4 is 22.8 Å². The van der Waals surface area contributed by atoms with Crippen LogP contribution in [-0.4, -0.2) is 55.6 Å². The zero-order chi connectivity index (χ0) is 26.4. The van der Waals surface area contributed by atoms with Crippen LogP contribution < -0.4 is 10.6 Å². The van der Waals surface area contributed by atoms with Crippen molar-refractivity contribution in [2.75, 3.05) is 31.5 Å². The molecule has 1 unspecified atom stereocenters. The number of pyridine rings is 1. The van der Waals surface area contributed by atoms with E-state index >= 15 is 0 Å². The van der Waals surface area contributed by atoms with Crippen LogP contribution in [0.4, 0.5) is 20.5 Å². The van der Waals surface area contributed by atoms with Gasteiger partial charge in [0.15, 0.2) is 11.6 Å². The maximum absolute atomic E-state index is 15.0. The van der Waals surface area contributed by atoms with Crippen molar-refractivity contribution < 1.29 is 8.78 Å². The predicted octanol–water partition coefficient (Wildman–Crippen LogP) is 4.77. The van der Waals surface area contributed by atoms with Gasteiger partial charge < -0.3 is 15.2 Å². The monoisotopic (exact) mass is 518 g/mol. The molecule has 6 rings (SSSR count). The normalized spacial score (nSPS) is 17.9. The van der Waals surface area contributed by atoms with Gasteiger partial charge in [-0.05, 0) is 70.0 Å². The number of aryl methyl sites for hydroxylation is 1. The van der Waals surface area contributed by atoms with Crippen LogP contribution in [0, 0.1) is 24.5 Å². The largest absolute Gasteiger partial charge is 0.326 e. The maximum atomic E-state index is 15.0. The number of rotatable bonds is 6. The van der Waals surface area contributed by atoms with Crippen LogP contribution >= 0.6 is 0 Å². The molecule has 0 saturated carbocycles. The summed E-state index contributed by atoms with van der Waals surface area (Å²) in [6.45, 7) is 11.1. The van der Waals surface area contributed by atoms with E-state index < -0.39 is 11.6 Å². The van der Waals surface area contributed by atoms with Gasteiger partial charge in [-0.25, -0.2) is 28.7 Å². The van der Waals surface area contributed by atoms with E-state index in [0.717, 1.165) is 57.0 Å². The van der Waals surface area contributed by atoms with Crippen LogP contribution in [0.1, 0.15) is 43.4 Å². The summed E-state index contributed by atoms with van der Waals surface area (Å²) in [5.41, 5.74) is 3.51. The minimum absolute atomic E-state index is 0.0208. The van der Waals surface area contributed by atoms with Gasteiger partial charge in [-0.2, -0.15) is 0 Å². The van der Waals surface area contributed by atoms with E-state index in [9.17, 15) is 8.78 Å². The molecule has 2 aliphatic heterocycles. The molecule has 1 saturated heterocycles. The molecule has 10 heteroatoms. The number of imidazole rings is 1. The highest BCUT2D eigenvalue weighted by molar-refractivity contribution is 5.83. The second-order valence-corrected chi connectivity index (χ2v) is 10.6. The van der Waals surface area contributed by atoms with Gasteiger partial charge in [-0.1, -0.05) is 6.07 Å². The minimum atomic E-state index is -0.627. The fraction of sp³-hybridized carbons (Fsp3) is 0.429. The molecule has 38 heavy (non-hydrogen) atoms. The second kappa shape index (κ2) is 9.99. The third-order valence-corrected chi connectivity index (χ3v) is 7.50. The summed E-state index contributed by atoms with van der Waals surface area (Å²) in [5.74, 6) is 1.09. The van der Waals surface area contributed by atoms with Crippen molar-refractivity contribution in [3.8, 4) is 11.3 Å². The van der Waals surface area contributed by atoms with Gasteiger partial charge in [0.05, 0.1) is 11.7 Å². The van der Waals surface area contributed by atoms with E-state index in [1.54, 1.807) is 6.07 Å². The van der Waals surface area contributed by atoms with Crippen LogP contribution in [0.5, 0.6) is 0 Å². The Balaban J connectivity index is 1.24. The summed E-state index contributed by atoms with van der Waals surface area (Å²) >= 11 is 0. The maximum Gasteiger partial charge on any atom is 0.229 e. The Bertz CT molecular complexity index is 1490. The molecule has 0 amide bonds. The highest BCUT2D eigenvalue weighted by Gasteiger charge is 2.23. The lowest BCUT2D eigenvalue weighted by Gasteiger charge is -2.30. The molecule has 1 fully saturated rings. The number of hydrogen-bond acceptors (Lipinski definition) is 7. The van der Waals surface area contributed by atoms with E-state index in [-0.39, 0.29) is 23.2 Å². The summed E-state index contributed by atoms with van der Waals surface area (Å²) < 4.78 is 31.8. The Kier molecular flexibility index (Phi) is 6.53. The van der Waals surface area contributed by atoms with Gasteiger partial charge in [-0.3, -0.25) is 4.90 Å². The average molecular weight is 519 g/mol. The zero-order valence-corrected chi connectivity index (χ0v) is 21.9. The molecule has 8 nitrogen and oxygen atoms in total. The molecule has 3 aromatic heterocycles. The number of halogens is 2. The molecule has 0 bridgehead atoms. The average Bonchev–Trinajstić information content (AvgIpc) is 3.52. The number of nitrogens with zero attached hydrogens (tertiary/aromatic N) is 6. The lowest BCUT2D eigenvalue weighted by Crippen LogP contribution is -2.35. The molecular formula is C28H32F2N8. The highest BCUT2D eigenvalue weighted by Crippen LogP contribution is 2.30. The van der Waals surface area contributed by atoms with Gasteiger partial charge in [0, 0.05) is 43.4 Å². The third-order valence-electron chi connectivity index (χ3n) is 7.50. The molecule has 0 spiro atoms. The number of hydrogen-bond donors (Lipinski definition) is 2. The van der Waals surface area contributed by atoms with Gasteiger partial charge >= 0.3 is 0 Å². The Morgan fingerprint density at radius 1 is 1.13 bits per heavy atom. The standard InChI is InChI=1S/C28H32F2N8/c1-16(2)38-17(3)33-27-21(29)10-20(11-24(27)38)26-22(30)13-32-28(36-26)35-25-5-4-19-15-37(9-7-23(19)34-25)14-18-6-8-31-12-18/h4-5,10-11,13,16,18,31H,6-9,12,14-15H2,1-3H3,(H,32,34,35,36). The number of anilines is 2. The molecule has 0 aliphatic carbocycles. The second-order valence-electron chi connectivity index (χ2n) is 10.6. The van der Waals surface area contributed by atoms with E-state index in [1.807, 2.05) is 31.4 Å². The SMILES string of the molecule is Cc1nc2c(F)cc(-c3nc(Nc4ccc5c(n4)CCN(CC4CCNC4)C5)ncc3F)cc2n1C(C)C. The van der Waals surface area contributed by atoms with Gasteiger partial charge in [0.2, 0.25) is 5.95 Å². The van der Waals surface area contributed by atoms with Gasteiger partial charge in [0.25, 0.3) is 0 Å². The fourth-order valence-electron chi connectivity index (χ4n) is 5.74. The molecule has 2 N–H and O–H groups in total. The number of benzene rings is 1. The third kappa shape index (κ3) is 4.74. The number of fused-ring (bicyclic) bond motifs is 2. The lowest BCUT2D eigenvalue weighted by atomic mass is 10.0. The van der Waals surface area contributed by atoms with E-state index in [0.29, 0.717) is 22.7 Å². The first kappa shape index (κ1) is 24.8. The molecule has 1 atom stereocenters. The zero-order valence-electron chi connectivity index (χ0n) is 21.9. The van der Waals surface area contributed by atoms with Crippen molar-refractivity contribution in [3.63, 3.8) is 0 Å². The van der Waals surface area contributed by atoms with E-state index in [1.165, 1.54) is 18.1 Å². The van der Waals surface area contributed by atoms with Crippen molar-refractivity contribution in [1.82, 2.24) is 34.7 Å². The van der Waals surface area contributed by atoms with Crippen LogP contribution in [0.25, 0.3) is 22.3 Å². The Morgan fingerprint density at radius 2 is 2.00 bits per heavy atom. The van der Waals surface area contributed by atoms with Crippen molar-refractivity contribution in [3.05, 3.63) is 59.2 Å². The lowest BCUT2D eigenvalue weighted by molar-refractivity contribution is 0.218. The first-order valence-electron chi connectivity index (χ1n) is 13.3. The van der Waals surface area contributed by atoms with Crippen molar-refractivity contribution in [1.29, 1.82) is 0 Å². The summed E-state index contributed by atoms with van der Waals surface area (Å²) in [6.07, 6.45) is 3.22. The number of aromatic nitrogens is 5. The van der Waals surface area contributed by atoms with Crippen LogP contribution in [0.15, 0.2) is 30.5 Å². The summed E-state index contributed by atoms with van der Waals surface area (Å²) in [4.78, 5) is 20.2. The Morgan fingerprint density at radius 3 is 2.79 bits per heavy atom. The van der Waals surface area contributed by atoms with Crippen LogP contribution in [-0.2, 0) is 13.0 Å². The smallest absolute Gasteiger partial charge is 0.229 e. The van der Waals surface area contributed by atoms with Crippen molar-refractivity contribution in [2.24, 2.45) is 5.92 Å². The quantitative estimate of drug-likeness (QED) is 0.381.